The van der Waals surface area contributed by atoms with Crippen molar-refractivity contribution < 1.29 is 4.79 Å². The van der Waals surface area contributed by atoms with Crippen molar-refractivity contribution in [2.24, 2.45) is 0 Å². The largest absolute Gasteiger partial charge is 0.344 e. The molecule has 1 atom stereocenters. The number of benzene rings is 1. The molecule has 102 valence electrons. The molecule has 0 spiro atoms. The van der Waals surface area contributed by atoms with E-state index in [1.54, 1.807) is 24.4 Å². The molecule has 0 saturated carbocycles. The maximum absolute atomic E-state index is 11.8. The van der Waals surface area contributed by atoms with Gasteiger partial charge in [0.2, 0.25) is 5.91 Å². The molecule has 0 saturated heterocycles. The van der Waals surface area contributed by atoms with Gasteiger partial charge in [0.1, 0.15) is 0 Å². The first-order valence-electron chi connectivity index (χ1n) is 6.30. The number of hydrogen-bond acceptors (Lipinski definition) is 2. The molecule has 1 amide bonds. The topological polar surface area (TPSA) is 42.0 Å². The highest BCUT2D eigenvalue weighted by molar-refractivity contribution is 6.30. The van der Waals surface area contributed by atoms with Crippen molar-refractivity contribution in [1.82, 2.24) is 10.3 Å². The molecule has 20 heavy (non-hydrogen) atoms. The summed E-state index contributed by atoms with van der Waals surface area (Å²) in [6.45, 7) is 1.90. The summed E-state index contributed by atoms with van der Waals surface area (Å²) in [6.07, 6.45) is 4.93. The molecule has 0 radical (unpaired) electrons. The van der Waals surface area contributed by atoms with Gasteiger partial charge >= 0.3 is 0 Å². The Morgan fingerprint density at radius 3 is 2.85 bits per heavy atom. The SMILES string of the molecule is CC(NC(=O)/C=C/c1cccc(Cl)c1)c1ccccn1. The number of nitrogens with one attached hydrogen (secondary N) is 1. The summed E-state index contributed by atoms with van der Waals surface area (Å²) in [5, 5.41) is 3.51. The number of carbonyl (C=O) groups is 1. The van der Waals surface area contributed by atoms with Crippen molar-refractivity contribution in [3.05, 3.63) is 71.0 Å². The zero-order valence-electron chi connectivity index (χ0n) is 11.1. The van der Waals surface area contributed by atoms with Crippen molar-refractivity contribution in [2.45, 2.75) is 13.0 Å². The Balaban J connectivity index is 1.96. The average Bonchev–Trinajstić information content (AvgIpc) is 2.46. The molecule has 1 unspecified atom stereocenters. The van der Waals surface area contributed by atoms with Crippen LogP contribution < -0.4 is 5.32 Å². The van der Waals surface area contributed by atoms with Gasteiger partial charge in [-0.15, -0.1) is 0 Å². The fourth-order valence-corrected chi connectivity index (χ4v) is 1.95. The molecule has 0 fully saturated rings. The highest BCUT2D eigenvalue weighted by Crippen LogP contribution is 2.12. The van der Waals surface area contributed by atoms with E-state index in [-0.39, 0.29) is 11.9 Å². The highest BCUT2D eigenvalue weighted by Gasteiger charge is 2.07. The summed E-state index contributed by atoms with van der Waals surface area (Å²) in [5.74, 6) is -0.164. The van der Waals surface area contributed by atoms with Gasteiger partial charge in [-0.05, 0) is 42.8 Å². The minimum atomic E-state index is -0.164. The first kappa shape index (κ1) is 14.3. The Labute approximate surface area is 123 Å². The molecule has 1 aromatic heterocycles. The lowest BCUT2D eigenvalue weighted by atomic mass is 10.2. The van der Waals surface area contributed by atoms with Crippen molar-refractivity contribution in [3.63, 3.8) is 0 Å². The van der Waals surface area contributed by atoms with E-state index < -0.39 is 0 Å². The number of hydrogen-bond donors (Lipinski definition) is 1. The number of rotatable bonds is 4. The normalized spacial score (nSPS) is 12.3. The molecular formula is C16H15ClN2O. The molecule has 0 bridgehead atoms. The van der Waals surface area contributed by atoms with E-state index in [9.17, 15) is 4.79 Å². The van der Waals surface area contributed by atoms with Gasteiger partial charge in [-0.25, -0.2) is 0 Å². The highest BCUT2D eigenvalue weighted by atomic mass is 35.5. The van der Waals surface area contributed by atoms with Crippen LogP contribution in [0.2, 0.25) is 5.02 Å². The minimum absolute atomic E-state index is 0.132. The zero-order valence-corrected chi connectivity index (χ0v) is 11.8. The third-order valence-corrected chi connectivity index (χ3v) is 3.00. The average molecular weight is 287 g/mol. The van der Waals surface area contributed by atoms with Crippen LogP contribution in [0, 0.1) is 0 Å². The van der Waals surface area contributed by atoms with Gasteiger partial charge in [0, 0.05) is 17.3 Å². The summed E-state index contributed by atoms with van der Waals surface area (Å²) in [5.41, 5.74) is 1.72. The number of carbonyl (C=O) groups excluding carboxylic acids is 1. The second kappa shape index (κ2) is 6.87. The molecule has 2 rings (SSSR count). The van der Waals surface area contributed by atoms with Crippen molar-refractivity contribution >= 4 is 23.6 Å². The lowest BCUT2D eigenvalue weighted by molar-refractivity contribution is -0.117. The molecule has 1 aromatic carbocycles. The third-order valence-electron chi connectivity index (χ3n) is 2.77. The van der Waals surface area contributed by atoms with Crippen LogP contribution in [0.1, 0.15) is 24.2 Å². The lowest BCUT2D eigenvalue weighted by Crippen LogP contribution is -2.25. The fraction of sp³-hybridized carbons (Fsp3) is 0.125. The zero-order chi connectivity index (χ0) is 14.4. The van der Waals surface area contributed by atoms with Gasteiger partial charge in [-0.2, -0.15) is 0 Å². The third kappa shape index (κ3) is 4.21. The molecule has 2 aromatic rings. The van der Waals surface area contributed by atoms with Crippen molar-refractivity contribution in [3.8, 4) is 0 Å². The van der Waals surface area contributed by atoms with E-state index >= 15 is 0 Å². The van der Waals surface area contributed by atoms with Crippen LogP contribution >= 0.6 is 11.6 Å². The molecular weight excluding hydrogens is 272 g/mol. The molecule has 3 nitrogen and oxygen atoms in total. The molecule has 0 aliphatic rings. The Kier molecular flexibility index (Phi) is 4.91. The van der Waals surface area contributed by atoms with Gasteiger partial charge in [0.05, 0.1) is 11.7 Å². The van der Waals surface area contributed by atoms with Gasteiger partial charge in [0.25, 0.3) is 0 Å². The van der Waals surface area contributed by atoms with Crippen LogP contribution in [0.15, 0.2) is 54.7 Å². The van der Waals surface area contributed by atoms with Gasteiger partial charge in [-0.3, -0.25) is 9.78 Å². The van der Waals surface area contributed by atoms with E-state index in [1.807, 2.05) is 37.3 Å². The Morgan fingerprint density at radius 2 is 2.15 bits per heavy atom. The van der Waals surface area contributed by atoms with Gasteiger partial charge in [-0.1, -0.05) is 29.8 Å². The summed E-state index contributed by atoms with van der Waals surface area (Å²) in [4.78, 5) is 16.0. The maximum atomic E-state index is 11.8. The van der Waals surface area contributed by atoms with Crippen molar-refractivity contribution in [1.29, 1.82) is 0 Å². The van der Waals surface area contributed by atoms with E-state index in [0.717, 1.165) is 11.3 Å². The number of halogens is 1. The van der Waals surface area contributed by atoms with E-state index in [0.29, 0.717) is 5.02 Å². The molecule has 1 heterocycles. The smallest absolute Gasteiger partial charge is 0.244 e. The predicted octanol–water partition coefficient (Wildman–Crippen LogP) is 3.63. The second-order valence-corrected chi connectivity index (χ2v) is 4.81. The molecule has 4 heteroatoms. The monoisotopic (exact) mass is 286 g/mol. The van der Waals surface area contributed by atoms with Crippen LogP contribution in [0.5, 0.6) is 0 Å². The minimum Gasteiger partial charge on any atom is -0.344 e. The van der Waals surface area contributed by atoms with Crippen LogP contribution in [0.4, 0.5) is 0 Å². The van der Waals surface area contributed by atoms with Crippen molar-refractivity contribution in [2.75, 3.05) is 0 Å². The van der Waals surface area contributed by atoms with Gasteiger partial charge < -0.3 is 5.32 Å². The summed E-state index contributed by atoms with van der Waals surface area (Å²) < 4.78 is 0. The number of aromatic nitrogens is 1. The molecule has 0 aliphatic carbocycles. The second-order valence-electron chi connectivity index (χ2n) is 4.37. The summed E-state index contributed by atoms with van der Waals surface area (Å²) in [6, 6.07) is 12.8. The Morgan fingerprint density at radius 1 is 1.30 bits per heavy atom. The quantitative estimate of drug-likeness (QED) is 0.872. The number of pyridine rings is 1. The van der Waals surface area contributed by atoms with E-state index in [4.69, 9.17) is 11.6 Å². The molecule has 1 N–H and O–H groups in total. The van der Waals surface area contributed by atoms with E-state index in [2.05, 4.69) is 10.3 Å². The fourth-order valence-electron chi connectivity index (χ4n) is 1.75. The van der Waals surface area contributed by atoms with Gasteiger partial charge in [0.15, 0.2) is 0 Å². The summed E-state index contributed by atoms with van der Waals surface area (Å²) >= 11 is 5.88. The predicted molar refractivity (Wildman–Crippen MR) is 81.3 cm³/mol. The first-order chi connectivity index (χ1) is 9.65. The lowest BCUT2D eigenvalue weighted by Gasteiger charge is -2.11. The molecule has 0 aliphatic heterocycles. The summed E-state index contributed by atoms with van der Waals surface area (Å²) in [7, 11) is 0. The van der Waals surface area contributed by atoms with Crippen LogP contribution in [-0.4, -0.2) is 10.9 Å². The van der Waals surface area contributed by atoms with Crippen LogP contribution in [0.25, 0.3) is 6.08 Å². The Hall–Kier alpha value is -2.13. The maximum Gasteiger partial charge on any atom is 0.244 e. The first-order valence-corrected chi connectivity index (χ1v) is 6.68. The Bertz CT molecular complexity index is 611. The number of nitrogens with zero attached hydrogens (tertiary/aromatic N) is 1. The standard InChI is InChI=1S/C16H15ClN2O/c1-12(15-7-2-3-10-18-15)19-16(20)9-8-13-5-4-6-14(17)11-13/h2-12H,1H3,(H,19,20)/b9-8+. The van der Waals surface area contributed by atoms with E-state index in [1.165, 1.54) is 6.08 Å². The van der Waals surface area contributed by atoms with Crippen LogP contribution in [-0.2, 0) is 4.79 Å². The number of amides is 1. The van der Waals surface area contributed by atoms with Crippen LogP contribution in [0.3, 0.4) is 0 Å².